The van der Waals surface area contributed by atoms with Gasteiger partial charge in [-0.2, -0.15) is 5.10 Å². The van der Waals surface area contributed by atoms with Crippen LogP contribution in [0.3, 0.4) is 0 Å². The normalized spacial score (nSPS) is 14.0. The first-order valence-electron chi connectivity index (χ1n) is 8.82. The number of carbonyl (C=O) groups excluding carboxylic acids is 1. The molecule has 2 aromatic carbocycles. The zero-order valence-corrected chi connectivity index (χ0v) is 16.2. The Kier molecular flexibility index (Phi) is 5.22. The van der Waals surface area contributed by atoms with Crippen LogP contribution in [0.25, 0.3) is 11.3 Å². The number of aromatic nitrogens is 1. The van der Waals surface area contributed by atoms with E-state index in [1.165, 1.54) is 29.7 Å². The first-order valence-corrected chi connectivity index (χ1v) is 9.70. The summed E-state index contributed by atoms with van der Waals surface area (Å²) in [4.78, 5) is 16.7. The second-order valence-corrected chi connectivity index (χ2v) is 6.98. The first-order chi connectivity index (χ1) is 14.0. The van der Waals surface area contributed by atoms with Crippen LogP contribution in [0.5, 0.6) is 5.75 Å². The molecular formula is C20H16F2N4O2S. The molecule has 3 aromatic rings. The summed E-state index contributed by atoms with van der Waals surface area (Å²) in [5, 5.41) is 9.03. The Morgan fingerprint density at radius 3 is 2.93 bits per heavy atom. The highest BCUT2D eigenvalue weighted by molar-refractivity contribution is 7.07. The molecule has 0 unspecified atom stereocenters. The molecule has 0 aliphatic carbocycles. The van der Waals surface area contributed by atoms with Crippen molar-refractivity contribution >= 4 is 29.1 Å². The summed E-state index contributed by atoms with van der Waals surface area (Å²) in [5.41, 5.74) is 2.22. The highest BCUT2D eigenvalue weighted by Crippen LogP contribution is 2.32. The maximum atomic E-state index is 14.0. The van der Waals surface area contributed by atoms with Gasteiger partial charge in [-0.25, -0.2) is 13.5 Å². The Bertz CT molecular complexity index is 1180. The van der Waals surface area contributed by atoms with Crippen LogP contribution in [0.2, 0.25) is 0 Å². The molecule has 0 fully saturated rings. The monoisotopic (exact) mass is 414 g/mol. The molecule has 1 N–H and O–H groups in total. The van der Waals surface area contributed by atoms with E-state index in [-0.39, 0.29) is 18.1 Å². The smallest absolute Gasteiger partial charge is 0.262 e. The number of nitrogens with one attached hydrogen (secondary N) is 1. The van der Waals surface area contributed by atoms with Crippen LogP contribution in [0, 0.1) is 11.6 Å². The maximum Gasteiger partial charge on any atom is 0.262 e. The van der Waals surface area contributed by atoms with Crippen LogP contribution in [0.15, 0.2) is 51.9 Å². The van der Waals surface area contributed by atoms with E-state index in [1.807, 2.05) is 18.4 Å². The summed E-state index contributed by atoms with van der Waals surface area (Å²) < 4.78 is 34.1. The number of benzene rings is 2. The molecule has 1 amide bonds. The van der Waals surface area contributed by atoms with Crippen LogP contribution < -0.4 is 14.9 Å². The van der Waals surface area contributed by atoms with Gasteiger partial charge in [0.1, 0.15) is 17.4 Å². The minimum Gasteiger partial charge on any atom is -0.482 e. The summed E-state index contributed by atoms with van der Waals surface area (Å²) in [6, 6.07) is 8.71. The summed E-state index contributed by atoms with van der Waals surface area (Å²) in [6.07, 6.45) is 1.32. The lowest BCUT2D eigenvalue weighted by molar-refractivity contribution is -0.118. The van der Waals surface area contributed by atoms with Gasteiger partial charge in [-0.1, -0.05) is 0 Å². The Morgan fingerprint density at radius 1 is 1.28 bits per heavy atom. The molecule has 1 aromatic heterocycles. The van der Waals surface area contributed by atoms with Gasteiger partial charge in [-0.3, -0.25) is 9.79 Å². The van der Waals surface area contributed by atoms with Gasteiger partial charge in [0.25, 0.3) is 5.91 Å². The third-order valence-electron chi connectivity index (χ3n) is 4.16. The van der Waals surface area contributed by atoms with Crippen molar-refractivity contribution in [2.75, 3.05) is 18.5 Å². The van der Waals surface area contributed by atoms with Crippen LogP contribution in [-0.4, -0.2) is 29.9 Å². The molecule has 29 heavy (non-hydrogen) atoms. The predicted molar refractivity (Wildman–Crippen MR) is 107 cm³/mol. The van der Waals surface area contributed by atoms with Gasteiger partial charge < -0.3 is 10.1 Å². The molecule has 6 nitrogen and oxygen atoms in total. The van der Waals surface area contributed by atoms with Crippen LogP contribution in [0.1, 0.15) is 12.5 Å². The van der Waals surface area contributed by atoms with Crippen LogP contribution >= 0.6 is 11.3 Å². The minimum atomic E-state index is -0.700. The fourth-order valence-electron chi connectivity index (χ4n) is 2.82. The third-order valence-corrected chi connectivity index (χ3v) is 5.02. The number of rotatable bonds is 4. The van der Waals surface area contributed by atoms with Crippen molar-refractivity contribution in [1.82, 2.24) is 4.68 Å². The number of ether oxygens (including phenoxy) is 1. The van der Waals surface area contributed by atoms with E-state index < -0.39 is 11.6 Å². The average molecular weight is 414 g/mol. The largest absolute Gasteiger partial charge is 0.482 e. The lowest BCUT2D eigenvalue weighted by Crippen LogP contribution is -2.25. The molecule has 0 radical (unpaired) electrons. The second-order valence-electron chi connectivity index (χ2n) is 6.15. The predicted octanol–water partition coefficient (Wildman–Crippen LogP) is 3.63. The summed E-state index contributed by atoms with van der Waals surface area (Å²) in [6.45, 7) is 2.44. The van der Waals surface area contributed by atoms with Gasteiger partial charge >= 0.3 is 0 Å². The van der Waals surface area contributed by atoms with Crippen molar-refractivity contribution in [1.29, 1.82) is 0 Å². The number of anilines is 1. The topological polar surface area (TPSA) is 68.0 Å². The van der Waals surface area contributed by atoms with Crippen LogP contribution in [-0.2, 0) is 4.79 Å². The number of hydrogen-bond acceptors (Lipinski definition) is 5. The number of nitrogens with zero attached hydrogens (tertiary/aromatic N) is 3. The van der Waals surface area contributed by atoms with E-state index in [9.17, 15) is 13.6 Å². The molecule has 0 saturated carbocycles. The second kappa shape index (κ2) is 7.96. The number of halogens is 2. The molecule has 2 heterocycles. The van der Waals surface area contributed by atoms with E-state index >= 15 is 0 Å². The number of amides is 1. The Hall–Kier alpha value is -3.33. The van der Waals surface area contributed by atoms with Crippen molar-refractivity contribution in [2.45, 2.75) is 6.92 Å². The van der Waals surface area contributed by atoms with Crippen molar-refractivity contribution in [3.05, 3.63) is 63.8 Å². The van der Waals surface area contributed by atoms with Crippen molar-refractivity contribution in [3.8, 4) is 17.0 Å². The van der Waals surface area contributed by atoms with E-state index in [4.69, 9.17) is 4.74 Å². The van der Waals surface area contributed by atoms with Gasteiger partial charge in [0.15, 0.2) is 6.61 Å². The zero-order chi connectivity index (χ0) is 20.4. The third kappa shape index (κ3) is 3.95. The molecular weight excluding hydrogens is 398 g/mol. The Balaban J connectivity index is 1.78. The fraction of sp³-hybridized carbons (Fsp3) is 0.150. The van der Waals surface area contributed by atoms with Crippen molar-refractivity contribution in [2.24, 2.45) is 10.1 Å². The Labute approximate surface area is 168 Å². The molecule has 0 saturated heterocycles. The molecule has 1 aliphatic rings. The van der Waals surface area contributed by atoms with E-state index in [2.05, 4.69) is 15.4 Å². The molecule has 4 rings (SSSR count). The van der Waals surface area contributed by atoms with Crippen LogP contribution in [0.4, 0.5) is 14.5 Å². The molecule has 1 aliphatic heterocycles. The minimum absolute atomic E-state index is 0.0160. The summed E-state index contributed by atoms with van der Waals surface area (Å²) >= 11 is 1.39. The first kappa shape index (κ1) is 19.0. The molecule has 148 valence electrons. The number of thiazole rings is 1. The van der Waals surface area contributed by atoms with Gasteiger partial charge in [0.2, 0.25) is 4.80 Å². The maximum absolute atomic E-state index is 14.0. The molecule has 9 heteroatoms. The van der Waals surface area contributed by atoms with Gasteiger partial charge in [0, 0.05) is 29.1 Å². The fourth-order valence-corrected chi connectivity index (χ4v) is 3.72. The molecule has 0 atom stereocenters. The van der Waals surface area contributed by atoms with E-state index in [0.29, 0.717) is 28.5 Å². The van der Waals surface area contributed by atoms with E-state index in [0.717, 1.165) is 11.6 Å². The highest BCUT2D eigenvalue weighted by atomic mass is 32.1. The standard InChI is InChI=1S/C20H16F2N4O2S/c1-2-23-20-26(24-9-13-3-5-14(21)8-15(13)22)17(11-29-20)12-4-6-18-16(7-12)25-19(27)10-28-18/h3-9,11H,2,10H2,1H3,(H,25,27). The number of fused-ring (bicyclic) bond motifs is 1. The van der Waals surface area contributed by atoms with E-state index in [1.54, 1.807) is 16.8 Å². The summed E-state index contributed by atoms with van der Waals surface area (Å²) in [7, 11) is 0. The Morgan fingerprint density at radius 2 is 2.14 bits per heavy atom. The molecule has 0 spiro atoms. The number of hydrogen-bond donors (Lipinski definition) is 1. The van der Waals surface area contributed by atoms with Crippen molar-refractivity contribution < 1.29 is 18.3 Å². The SMILES string of the molecule is CCN=c1scc(-c2ccc3c(c2)NC(=O)CO3)n1N=Cc1ccc(F)cc1F. The lowest BCUT2D eigenvalue weighted by Gasteiger charge is -2.18. The highest BCUT2D eigenvalue weighted by Gasteiger charge is 2.17. The van der Waals surface area contributed by atoms with Gasteiger partial charge in [0.05, 0.1) is 17.6 Å². The number of carbonyl (C=O) groups is 1. The van der Waals surface area contributed by atoms with Gasteiger partial charge in [-0.15, -0.1) is 11.3 Å². The lowest BCUT2D eigenvalue weighted by atomic mass is 10.1. The quantitative estimate of drug-likeness (QED) is 0.663. The van der Waals surface area contributed by atoms with Crippen molar-refractivity contribution in [3.63, 3.8) is 0 Å². The summed E-state index contributed by atoms with van der Waals surface area (Å²) in [5.74, 6) is -0.984. The molecule has 0 bridgehead atoms. The average Bonchev–Trinajstić information content (AvgIpc) is 3.09. The zero-order valence-electron chi connectivity index (χ0n) is 15.4. The van der Waals surface area contributed by atoms with Gasteiger partial charge in [-0.05, 0) is 37.3 Å².